The summed E-state index contributed by atoms with van der Waals surface area (Å²) in [5, 5.41) is 0. The van der Waals surface area contributed by atoms with Crippen molar-refractivity contribution in [2.24, 2.45) is 0 Å². The predicted molar refractivity (Wildman–Crippen MR) is 100 cm³/mol. The van der Waals surface area contributed by atoms with Crippen molar-refractivity contribution in [3.63, 3.8) is 0 Å². The van der Waals surface area contributed by atoms with Crippen LogP contribution in [0.15, 0.2) is 18.2 Å². The molecule has 0 amide bonds. The Balaban J connectivity index is 1.66. The van der Waals surface area contributed by atoms with Gasteiger partial charge in [-0.3, -0.25) is 0 Å². The van der Waals surface area contributed by atoms with E-state index in [0.717, 1.165) is 5.92 Å². The lowest BCUT2D eigenvalue weighted by molar-refractivity contribution is 0.00578. The van der Waals surface area contributed by atoms with Gasteiger partial charge in [0.25, 0.3) is 0 Å². The molecule has 4 heteroatoms. The van der Waals surface area contributed by atoms with Gasteiger partial charge in [0, 0.05) is 18.8 Å². The number of benzene rings is 1. The smallest absolute Gasteiger partial charge is 0.399 e. The summed E-state index contributed by atoms with van der Waals surface area (Å²) >= 11 is 0. The maximum Gasteiger partial charge on any atom is 0.494 e. The molecule has 0 N–H and O–H groups in total. The van der Waals surface area contributed by atoms with Gasteiger partial charge in [0.1, 0.15) is 0 Å². The Morgan fingerprint density at radius 2 is 1.54 bits per heavy atom. The third-order valence-corrected chi connectivity index (χ3v) is 6.26. The molecule has 130 valence electrons. The summed E-state index contributed by atoms with van der Waals surface area (Å²) in [6.45, 7) is 10.9. The first-order chi connectivity index (χ1) is 11.4. The van der Waals surface area contributed by atoms with E-state index in [9.17, 15) is 0 Å². The van der Waals surface area contributed by atoms with Gasteiger partial charge >= 0.3 is 7.12 Å². The average molecular weight is 327 g/mol. The van der Waals surface area contributed by atoms with E-state index in [1.165, 1.54) is 61.9 Å². The van der Waals surface area contributed by atoms with Gasteiger partial charge in [0.2, 0.25) is 0 Å². The van der Waals surface area contributed by atoms with Gasteiger partial charge in [0.05, 0.1) is 11.2 Å². The average Bonchev–Trinajstić information content (AvgIpc) is 3.36. The van der Waals surface area contributed by atoms with E-state index in [4.69, 9.17) is 9.31 Å². The van der Waals surface area contributed by atoms with E-state index in [-0.39, 0.29) is 18.3 Å². The minimum absolute atomic E-state index is 0.253. The van der Waals surface area contributed by atoms with Crippen LogP contribution in [0.3, 0.4) is 0 Å². The largest absolute Gasteiger partial charge is 0.494 e. The Hall–Kier alpha value is -0.995. The second kappa shape index (κ2) is 5.77. The molecule has 1 aromatic rings. The van der Waals surface area contributed by atoms with Gasteiger partial charge in [-0.15, -0.1) is 0 Å². The second-order valence-corrected chi connectivity index (χ2v) is 8.77. The number of piperidine rings is 1. The van der Waals surface area contributed by atoms with Gasteiger partial charge < -0.3 is 14.2 Å². The van der Waals surface area contributed by atoms with Crippen LogP contribution in [0.1, 0.15) is 71.3 Å². The van der Waals surface area contributed by atoms with Crippen LogP contribution in [0.5, 0.6) is 0 Å². The molecule has 1 aliphatic carbocycles. The molecule has 2 heterocycles. The van der Waals surface area contributed by atoms with Crippen molar-refractivity contribution in [2.45, 2.75) is 76.9 Å². The maximum absolute atomic E-state index is 6.31. The van der Waals surface area contributed by atoms with E-state index >= 15 is 0 Å². The lowest BCUT2D eigenvalue weighted by atomic mass is 9.77. The molecule has 0 atom stereocenters. The van der Waals surface area contributed by atoms with Crippen LogP contribution < -0.4 is 10.4 Å². The number of rotatable bonds is 3. The molecular formula is C20H30BNO2. The summed E-state index contributed by atoms with van der Waals surface area (Å²) in [6.07, 6.45) is 6.63. The SMILES string of the molecule is CC1(C)OB(c2cc(C3CC3)cc(N3CCCCC3)c2)OC1(C)C. The molecule has 1 aromatic carbocycles. The first-order valence-corrected chi connectivity index (χ1v) is 9.61. The number of nitrogens with zero attached hydrogens (tertiary/aromatic N) is 1. The Morgan fingerprint density at radius 1 is 0.917 bits per heavy atom. The molecule has 0 radical (unpaired) electrons. The van der Waals surface area contributed by atoms with E-state index in [2.05, 4.69) is 50.8 Å². The highest BCUT2D eigenvalue weighted by molar-refractivity contribution is 6.62. The van der Waals surface area contributed by atoms with Gasteiger partial charge in [-0.2, -0.15) is 0 Å². The zero-order chi connectivity index (χ0) is 16.9. The van der Waals surface area contributed by atoms with Gasteiger partial charge in [-0.05, 0) is 88.9 Å². The minimum atomic E-state index is -0.279. The second-order valence-electron chi connectivity index (χ2n) is 8.77. The van der Waals surface area contributed by atoms with E-state index in [0.29, 0.717) is 0 Å². The van der Waals surface area contributed by atoms with Crippen LogP contribution in [0.2, 0.25) is 0 Å². The molecule has 1 saturated carbocycles. The first kappa shape index (κ1) is 16.5. The van der Waals surface area contributed by atoms with Crippen LogP contribution in [0, 0.1) is 0 Å². The van der Waals surface area contributed by atoms with Crippen molar-refractivity contribution in [1.82, 2.24) is 0 Å². The molecule has 2 saturated heterocycles. The monoisotopic (exact) mass is 327 g/mol. The van der Waals surface area contributed by atoms with E-state index < -0.39 is 0 Å². The molecule has 0 spiro atoms. The van der Waals surface area contributed by atoms with Crippen molar-refractivity contribution in [2.75, 3.05) is 18.0 Å². The van der Waals surface area contributed by atoms with Crippen molar-refractivity contribution >= 4 is 18.3 Å². The Labute approximate surface area is 146 Å². The number of hydrogen-bond acceptors (Lipinski definition) is 3. The molecule has 3 nitrogen and oxygen atoms in total. The molecule has 0 aromatic heterocycles. The molecule has 24 heavy (non-hydrogen) atoms. The van der Waals surface area contributed by atoms with Crippen molar-refractivity contribution in [3.8, 4) is 0 Å². The summed E-state index contributed by atoms with van der Waals surface area (Å²) in [6, 6.07) is 7.05. The molecule has 0 bridgehead atoms. The quantitative estimate of drug-likeness (QED) is 0.787. The zero-order valence-corrected chi connectivity index (χ0v) is 15.6. The third kappa shape index (κ3) is 2.99. The summed E-state index contributed by atoms with van der Waals surface area (Å²) in [5.74, 6) is 0.746. The number of hydrogen-bond donors (Lipinski definition) is 0. The lowest BCUT2D eigenvalue weighted by Crippen LogP contribution is -2.41. The van der Waals surface area contributed by atoms with E-state index in [1.807, 2.05) is 0 Å². The molecule has 4 rings (SSSR count). The highest BCUT2D eigenvalue weighted by Gasteiger charge is 2.52. The molecular weight excluding hydrogens is 297 g/mol. The van der Waals surface area contributed by atoms with Crippen molar-refractivity contribution < 1.29 is 9.31 Å². The summed E-state index contributed by atoms with van der Waals surface area (Å²) in [5.41, 5.74) is 3.47. The summed E-state index contributed by atoms with van der Waals surface area (Å²) in [4.78, 5) is 2.55. The summed E-state index contributed by atoms with van der Waals surface area (Å²) in [7, 11) is -0.253. The molecule has 3 aliphatic rings. The zero-order valence-electron chi connectivity index (χ0n) is 15.6. The van der Waals surface area contributed by atoms with Crippen molar-refractivity contribution in [1.29, 1.82) is 0 Å². The lowest BCUT2D eigenvalue weighted by Gasteiger charge is -2.32. The van der Waals surface area contributed by atoms with Crippen LogP contribution in [-0.2, 0) is 9.31 Å². The van der Waals surface area contributed by atoms with Crippen LogP contribution in [0.25, 0.3) is 0 Å². The van der Waals surface area contributed by atoms with E-state index in [1.54, 1.807) is 0 Å². The fraction of sp³-hybridized carbons (Fsp3) is 0.700. The number of anilines is 1. The highest BCUT2D eigenvalue weighted by atomic mass is 16.7. The highest BCUT2D eigenvalue weighted by Crippen LogP contribution is 2.42. The van der Waals surface area contributed by atoms with Crippen molar-refractivity contribution in [3.05, 3.63) is 23.8 Å². The van der Waals surface area contributed by atoms with Gasteiger partial charge in [-0.25, -0.2) is 0 Å². The normalized spacial score (nSPS) is 26.0. The predicted octanol–water partition coefficient (Wildman–Crippen LogP) is 3.85. The van der Waals surface area contributed by atoms with Gasteiger partial charge in [-0.1, -0.05) is 6.07 Å². The Morgan fingerprint density at radius 3 is 2.12 bits per heavy atom. The Bertz CT molecular complexity index is 602. The van der Waals surface area contributed by atoms with Crippen LogP contribution in [0.4, 0.5) is 5.69 Å². The van der Waals surface area contributed by atoms with Crippen LogP contribution in [-0.4, -0.2) is 31.4 Å². The summed E-state index contributed by atoms with van der Waals surface area (Å²) < 4.78 is 12.6. The standard InChI is InChI=1S/C20H30BNO2/c1-19(2)20(3,4)24-21(23-19)17-12-16(15-8-9-15)13-18(14-17)22-10-6-5-7-11-22/h12-15H,5-11H2,1-4H3. The fourth-order valence-electron chi connectivity index (χ4n) is 3.76. The topological polar surface area (TPSA) is 21.7 Å². The van der Waals surface area contributed by atoms with Gasteiger partial charge in [0.15, 0.2) is 0 Å². The van der Waals surface area contributed by atoms with Crippen LogP contribution >= 0.6 is 0 Å². The minimum Gasteiger partial charge on any atom is -0.399 e. The fourth-order valence-corrected chi connectivity index (χ4v) is 3.76. The Kier molecular flexibility index (Phi) is 3.96. The third-order valence-electron chi connectivity index (χ3n) is 6.26. The maximum atomic E-state index is 6.31. The molecule has 0 unspecified atom stereocenters. The molecule has 3 fully saturated rings. The molecule has 2 aliphatic heterocycles. The first-order valence-electron chi connectivity index (χ1n) is 9.61.